The molecule has 2 aliphatic heterocycles. The molecule has 2 unspecified atom stereocenters. The van der Waals surface area contributed by atoms with E-state index < -0.39 is 0 Å². The molecule has 3 aromatic rings. The van der Waals surface area contributed by atoms with E-state index in [-0.39, 0.29) is 17.9 Å². The van der Waals surface area contributed by atoms with Gasteiger partial charge in [-0.1, -0.05) is 36.8 Å². The van der Waals surface area contributed by atoms with Gasteiger partial charge in [0.1, 0.15) is 5.82 Å². The Morgan fingerprint density at radius 3 is 2.86 bits per heavy atom. The van der Waals surface area contributed by atoms with Gasteiger partial charge in [0, 0.05) is 25.3 Å². The fraction of sp³-hybridized carbons (Fsp3) is 0.417. The number of anilines is 1. The molecule has 1 N–H and O–H groups in total. The Hall–Kier alpha value is -2.66. The average Bonchev–Trinajstić information content (AvgIpc) is 2.94. The number of benzene rings is 2. The van der Waals surface area contributed by atoms with Gasteiger partial charge in [-0.3, -0.25) is 4.79 Å². The van der Waals surface area contributed by atoms with E-state index in [2.05, 4.69) is 16.0 Å². The maximum atomic E-state index is 13.1. The van der Waals surface area contributed by atoms with Crippen LogP contribution in [0.2, 0.25) is 0 Å². The van der Waals surface area contributed by atoms with Crippen LogP contribution in [0.4, 0.5) is 5.69 Å². The van der Waals surface area contributed by atoms with Gasteiger partial charge in [-0.15, -0.1) is 0 Å². The number of nitrogens with zero attached hydrogens (tertiary/aromatic N) is 2. The van der Waals surface area contributed by atoms with E-state index >= 15 is 0 Å². The molecule has 5 heteroatoms. The van der Waals surface area contributed by atoms with E-state index in [0.29, 0.717) is 6.61 Å². The van der Waals surface area contributed by atoms with Crippen LogP contribution < -0.4 is 5.32 Å². The van der Waals surface area contributed by atoms with Gasteiger partial charge < -0.3 is 14.6 Å². The first-order chi connectivity index (χ1) is 14.3. The average molecular weight is 389 g/mol. The third-order valence-electron chi connectivity index (χ3n) is 6.16. The summed E-state index contributed by atoms with van der Waals surface area (Å²) in [4.78, 5) is 18.0. The lowest BCUT2D eigenvalue weighted by Crippen LogP contribution is -2.33. The number of rotatable bonds is 3. The lowest BCUT2D eigenvalue weighted by atomic mass is 9.88. The zero-order chi connectivity index (χ0) is 19.6. The van der Waals surface area contributed by atoms with Crippen LogP contribution in [0.25, 0.3) is 11.0 Å². The molecule has 1 aromatic heterocycles. The zero-order valence-electron chi connectivity index (χ0n) is 16.6. The predicted octanol–water partition coefficient (Wildman–Crippen LogP) is 4.87. The minimum atomic E-state index is -0.183. The standard InChI is InChI=1S/C24H27N3O2/c28-24(19-10-7-15-29-23(19)17-8-3-1-4-9-17)25-18-12-13-21-20(16-18)26-22-11-5-2-6-14-27(21)22/h1,3-4,8-9,12-13,16,19,23H,2,5-7,10-11,14-15H2,(H,25,28). The molecule has 3 heterocycles. The minimum absolute atomic E-state index is 0.0266. The zero-order valence-corrected chi connectivity index (χ0v) is 16.6. The second kappa shape index (κ2) is 7.99. The van der Waals surface area contributed by atoms with Gasteiger partial charge in [-0.05, 0) is 49.4 Å². The molecule has 1 saturated heterocycles. The van der Waals surface area contributed by atoms with Crippen LogP contribution in [-0.4, -0.2) is 22.1 Å². The number of fused-ring (bicyclic) bond motifs is 3. The van der Waals surface area contributed by atoms with Gasteiger partial charge >= 0.3 is 0 Å². The molecular formula is C24H27N3O2. The summed E-state index contributed by atoms with van der Waals surface area (Å²) in [5.41, 5.74) is 4.02. The summed E-state index contributed by atoms with van der Waals surface area (Å²) >= 11 is 0. The van der Waals surface area contributed by atoms with Crippen LogP contribution in [-0.2, 0) is 22.5 Å². The summed E-state index contributed by atoms with van der Waals surface area (Å²) < 4.78 is 8.34. The number of carbonyl (C=O) groups is 1. The highest BCUT2D eigenvalue weighted by atomic mass is 16.5. The second-order valence-corrected chi connectivity index (χ2v) is 8.13. The molecule has 2 aromatic carbocycles. The molecule has 2 atom stereocenters. The molecule has 150 valence electrons. The highest BCUT2D eigenvalue weighted by molar-refractivity contribution is 5.95. The highest BCUT2D eigenvalue weighted by Gasteiger charge is 2.33. The third kappa shape index (κ3) is 3.67. The van der Waals surface area contributed by atoms with Gasteiger partial charge in [-0.25, -0.2) is 4.98 Å². The number of aryl methyl sites for hydroxylation is 2. The quantitative estimate of drug-likeness (QED) is 0.695. The van der Waals surface area contributed by atoms with Crippen LogP contribution in [0.1, 0.15) is 49.6 Å². The first-order valence-corrected chi connectivity index (χ1v) is 10.8. The minimum Gasteiger partial charge on any atom is -0.373 e. The second-order valence-electron chi connectivity index (χ2n) is 8.13. The Morgan fingerprint density at radius 1 is 1.07 bits per heavy atom. The van der Waals surface area contributed by atoms with Gasteiger partial charge in [0.05, 0.1) is 23.1 Å². The summed E-state index contributed by atoms with van der Waals surface area (Å²) in [6.07, 6.45) is 6.28. The van der Waals surface area contributed by atoms with Crippen LogP contribution in [0.5, 0.6) is 0 Å². The summed E-state index contributed by atoms with van der Waals surface area (Å²) in [6.45, 7) is 1.74. The number of amides is 1. The van der Waals surface area contributed by atoms with Crippen molar-refractivity contribution >= 4 is 22.6 Å². The van der Waals surface area contributed by atoms with E-state index in [1.54, 1.807) is 0 Å². The number of nitrogens with one attached hydrogen (secondary N) is 1. The van der Waals surface area contributed by atoms with Crippen LogP contribution in [0, 0.1) is 5.92 Å². The van der Waals surface area contributed by atoms with E-state index in [1.807, 2.05) is 42.5 Å². The number of imidazole rings is 1. The van der Waals surface area contributed by atoms with Crippen molar-refractivity contribution in [2.45, 2.75) is 51.2 Å². The Bertz CT molecular complexity index is 1010. The molecular weight excluding hydrogens is 362 g/mol. The Kier molecular flexibility index (Phi) is 5.06. The fourth-order valence-corrected chi connectivity index (χ4v) is 4.68. The van der Waals surface area contributed by atoms with E-state index in [0.717, 1.165) is 42.6 Å². The van der Waals surface area contributed by atoms with E-state index in [4.69, 9.17) is 9.72 Å². The summed E-state index contributed by atoms with van der Waals surface area (Å²) in [7, 11) is 0. The molecule has 0 spiro atoms. The van der Waals surface area contributed by atoms with E-state index in [1.165, 1.54) is 30.6 Å². The predicted molar refractivity (Wildman–Crippen MR) is 114 cm³/mol. The van der Waals surface area contributed by atoms with Crippen molar-refractivity contribution in [2.75, 3.05) is 11.9 Å². The molecule has 0 saturated carbocycles. The molecule has 5 rings (SSSR count). The van der Waals surface area contributed by atoms with Crippen LogP contribution in [0.15, 0.2) is 48.5 Å². The smallest absolute Gasteiger partial charge is 0.230 e. The lowest BCUT2D eigenvalue weighted by Gasteiger charge is -2.31. The number of ether oxygens (including phenoxy) is 1. The van der Waals surface area contributed by atoms with Crippen molar-refractivity contribution in [1.29, 1.82) is 0 Å². The normalized spacial score (nSPS) is 22.1. The maximum absolute atomic E-state index is 13.1. The van der Waals surface area contributed by atoms with Crippen LogP contribution in [0.3, 0.4) is 0 Å². The fourth-order valence-electron chi connectivity index (χ4n) is 4.68. The van der Waals surface area contributed by atoms with Crippen LogP contribution >= 0.6 is 0 Å². The molecule has 29 heavy (non-hydrogen) atoms. The summed E-state index contributed by atoms with van der Waals surface area (Å²) in [6, 6.07) is 16.2. The third-order valence-corrected chi connectivity index (χ3v) is 6.16. The van der Waals surface area contributed by atoms with Gasteiger partial charge in [0.2, 0.25) is 5.91 Å². The van der Waals surface area contributed by atoms with Gasteiger partial charge in [-0.2, -0.15) is 0 Å². The Morgan fingerprint density at radius 2 is 1.97 bits per heavy atom. The lowest BCUT2D eigenvalue weighted by molar-refractivity contribution is -0.129. The summed E-state index contributed by atoms with van der Waals surface area (Å²) in [5, 5.41) is 3.13. The largest absolute Gasteiger partial charge is 0.373 e. The molecule has 0 bridgehead atoms. The molecule has 0 radical (unpaired) electrons. The SMILES string of the molecule is O=C(Nc1ccc2c(c1)nc1n2CCCCC1)C1CCCOC1c1ccccc1. The summed E-state index contributed by atoms with van der Waals surface area (Å²) in [5.74, 6) is 1.02. The molecule has 5 nitrogen and oxygen atoms in total. The molecule has 0 aliphatic carbocycles. The van der Waals surface area contributed by atoms with Crippen molar-refractivity contribution in [3.8, 4) is 0 Å². The maximum Gasteiger partial charge on any atom is 0.230 e. The number of hydrogen-bond acceptors (Lipinski definition) is 3. The first-order valence-electron chi connectivity index (χ1n) is 10.8. The molecule has 2 aliphatic rings. The van der Waals surface area contributed by atoms with Gasteiger partial charge in [0.15, 0.2) is 0 Å². The number of carbonyl (C=O) groups excluding carboxylic acids is 1. The monoisotopic (exact) mass is 389 g/mol. The van der Waals surface area contributed by atoms with Gasteiger partial charge in [0.25, 0.3) is 0 Å². The first kappa shape index (κ1) is 18.4. The number of hydrogen-bond donors (Lipinski definition) is 1. The highest BCUT2D eigenvalue weighted by Crippen LogP contribution is 2.34. The molecule has 1 fully saturated rings. The molecule has 1 amide bonds. The van der Waals surface area contributed by atoms with Crippen molar-refractivity contribution in [1.82, 2.24) is 9.55 Å². The Balaban J connectivity index is 1.37. The van der Waals surface area contributed by atoms with E-state index in [9.17, 15) is 4.79 Å². The number of aromatic nitrogens is 2. The van der Waals surface area contributed by atoms with Crippen molar-refractivity contribution in [2.24, 2.45) is 5.92 Å². The van der Waals surface area contributed by atoms with Crippen molar-refractivity contribution in [3.05, 3.63) is 59.9 Å². The topological polar surface area (TPSA) is 56.2 Å². The van der Waals surface area contributed by atoms with Crippen molar-refractivity contribution in [3.63, 3.8) is 0 Å². The van der Waals surface area contributed by atoms with Crippen molar-refractivity contribution < 1.29 is 9.53 Å². The Labute approximate surface area is 171 Å².